The van der Waals surface area contributed by atoms with Gasteiger partial charge in [-0.3, -0.25) is 0 Å². The molecule has 19 heavy (non-hydrogen) atoms. The second-order valence-electron chi connectivity index (χ2n) is 3.76. The summed E-state index contributed by atoms with van der Waals surface area (Å²) >= 11 is 0. The summed E-state index contributed by atoms with van der Waals surface area (Å²) in [5.74, 6) is 5.91. The van der Waals surface area contributed by atoms with Crippen LogP contribution in [0.2, 0.25) is 0 Å². The molecular formula is C14H14N2O3. The average Bonchev–Trinajstić information content (AvgIpc) is 2.77. The number of hydrogen-bond donors (Lipinski definition) is 2. The van der Waals surface area contributed by atoms with Crippen molar-refractivity contribution in [3.63, 3.8) is 0 Å². The van der Waals surface area contributed by atoms with Crippen molar-refractivity contribution in [3.8, 4) is 11.8 Å². The molecule has 98 valence electrons. The molecule has 2 rings (SSSR count). The second-order valence-corrected chi connectivity index (χ2v) is 3.76. The third-order valence-electron chi connectivity index (χ3n) is 2.51. The molecule has 0 saturated carbocycles. The summed E-state index contributed by atoms with van der Waals surface area (Å²) in [7, 11) is 1.56. The lowest BCUT2D eigenvalue weighted by atomic mass is 10.1. The molecule has 0 bridgehead atoms. The van der Waals surface area contributed by atoms with Gasteiger partial charge in [0.05, 0.1) is 17.5 Å². The first-order chi connectivity index (χ1) is 9.36. The van der Waals surface area contributed by atoms with Crippen molar-refractivity contribution in [2.45, 2.75) is 0 Å². The van der Waals surface area contributed by atoms with Crippen LogP contribution in [0.3, 0.4) is 0 Å². The van der Waals surface area contributed by atoms with Crippen LogP contribution in [-0.2, 0) is 9.47 Å². The highest BCUT2D eigenvalue weighted by molar-refractivity contribution is 5.96. The molecule has 1 aromatic heterocycles. The zero-order valence-electron chi connectivity index (χ0n) is 10.5. The maximum Gasteiger partial charge on any atom is 0.147 e. The van der Waals surface area contributed by atoms with Crippen molar-refractivity contribution in [3.05, 3.63) is 35.5 Å². The SMILES string of the molecule is COCOCC#Cc1c(/C=N\O)[nH]c2ccccc12. The summed E-state index contributed by atoms with van der Waals surface area (Å²) in [6, 6.07) is 7.76. The number of nitrogens with one attached hydrogen (secondary N) is 1. The Hall–Kier alpha value is -2.29. The molecule has 1 aromatic carbocycles. The fourth-order valence-electron chi connectivity index (χ4n) is 1.75. The summed E-state index contributed by atoms with van der Waals surface area (Å²) in [5, 5.41) is 12.7. The van der Waals surface area contributed by atoms with E-state index in [2.05, 4.69) is 22.0 Å². The molecule has 2 N–H and O–H groups in total. The predicted molar refractivity (Wildman–Crippen MR) is 72.4 cm³/mol. The van der Waals surface area contributed by atoms with Gasteiger partial charge in [-0.1, -0.05) is 35.2 Å². The van der Waals surface area contributed by atoms with Gasteiger partial charge >= 0.3 is 0 Å². The van der Waals surface area contributed by atoms with E-state index >= 15 is 0 Å². The number of H-pyrrole nitrogens is 1. The summed E-state index contributed by atoms with van der Waals surface area (Å²) in [5.41, 5.74) is 2.40. The molecule has 0 aliphatic carbocycles. The average molecular weight is 258 g/mol. The maximum atomic E-state index is 8.67. The number of nitrogens with zero attached hydrogens (tertiary/aromatic N) is 1. The largest absolute Gasteiger partial charge is 0.411 e. The smallest absolute Gasteiger partial charge is 0.147 e. The van der Waals surface area contributed by atoms with Crippen LogP contribution in [-0.4, -0.2) is 36.9 Å². The quantitative estimate of drug-likeness (QED) is 0.220. The zero-order valence-corrected chi connectivity index (χ0v) is 10.5. The summed E-state index contributed by atoms with van der Waals surface area (Å²) in [4.78, 5) is 3.14. The van der Waals surface area contributed by atoms with E-state index in [1.54, 1.807) is 7.11 Å². The minimum Gasteiger partial charge on any atom is -0.411 e. The van der Waals surface area contributed by atoms with Crippen LogP contribution < -0.4 is 0 Å². The third kappa shape index (κ3) is 3.13. The van der Waals surface area contributed by atoms with Gasteiger partial charge in [0.25, 0.3) is 0 Å². The topological polar surface area (TPSA) is 66.8 Å². The van der Waals surface area contributed by atoms with Gasteiger partial charge in [0, 0.05) is 18.0 Å². The number of benzene rings is 1. The number of para-hydroxylation sites is 1. The van der Waals surface area contributed by atoms with E-state index in [4.69, 9.17) is 14.7 Å². The number of oxime groups is 1. The van der Waals surface area contributed by atoms with Crippen molar-refractivity contribution >= 4 is 17.1 Å². The van der Waals surface area contributed by atoms with Gasteiger partial charge in [-0.2, -0.15) is 0 Å². The van der Waals surface area contributed by atoms with Crippen molar-refractivity contribution in [2.75, 3.05) is 20.5 Å². The van der Waals surface area contributed by atoms with Crippen molar-refractivity contribution in [2.24, 2.45) is 5.16 Å². The molecule has 0 atom stereocenters. The number of fused-ring (bicyclic) bond motifs is 1. The first-order valence-corrected chi connectivity index (χ1v) is 5.70. The standard InChI is InChI=1S/C14H14N2O3/c1-18-10-19-8-4-6-12-11-5-2-3-7-13(11)16-14(12)9-15-17/h2-3,5,7,9,16-17H,8,10H2,1H3/b15-9-. The van der Waals surface area contributed by atoms with Crippen LogP contribution in [0.5, 0.6) is 0 Å². The lowest BCUT2D eigenvalue weighted by Gasteiger charge is -1.94. The first kappa shape index (κ1) is 13.1. The highest BCUT2D eigenvalue weighted by atomic mass is 16.7. The van der Waals surface area contributed by atoms with Gasteiger partial charge in [-0.25, -0.2) is 0 Å². The maximum absolute atomic E-state index is 8.67. The van der Waals surface area contributed by atoms with E-state index in [-0.39, 0.29) is 13.4 Å². The molecule has 0 aliphatic heterocycles. The number of aromatic nitrogens is 1. The Bertz CT molecular complexity index is 635. The number of rotatable bonds is 4. The van der Waals surface area contributed by atoms with Crippen LogP contribution in [0.4, 0.5) is 0 Å². The summed E-state index contributed by atoms with van der Waals surface area (Å²) in [6.45, 7) is 0.497. The van der Waals surface area contributed by atoms with Gasteiger partial charge in [-0.05, 0) is 6.07 Å². The Labute approximate surface area is 110 Å². The van der Waals surface area contributed by atoms with Crippen LogP contribution >= 0.6 is 0 Å². The Morgan fingerprint density at radius 1 is 1.42 bits per heavy atom. The number of aromatic amines is 1. The van der Waals surface area contributed by atoms with Gasteiger partial charge in [0.1, 0.15) is 13.4 Å². The Morgan fingerprint density at radius 3 is 3.05 bits per heavy atom. The Balaban J connectivity index is 2.31. The third-order valence-corrected chi connectivity index (χ3v) is 2.51. The summed E-state index contributed by atoms with van der Waals surface area (Å²) < 4.78 is 9.87. The van der Waals surface area contributed by atoms with Crippen LogP contribution in [0, 0.1) is 11.8 Å². The second kappa shape index (κ2) is 6.59. The van der Waals surface area contributed by atoms with Gasteiger partial charge in [0.15, 0.2) is 0 Å². The van der Waals surface area contributed by atoms with Gasteiger partial charge in [-0.15, -0.1) is 0 Å². The minimum atomic E-state index is 0.216. The van der Waals surface area contributed by atoms with E-state index in [0.29, 0.717) is 5.69 Å². The Morgan fingerprint density at radius 2 is 2.26 bits per heavy atom. The van der Waals surface area contributed by atoms with E-state index in [1.165, 1.54) is 6.21 Å². The van der Waals surface area contributed by atoms with E-state index in [9.17, 15) is 0 Å². The summed E-state index contributed by atoms with van der Waals surface area (Å²) in [6.07, 6.45) is 1.33. The fraction of sp³-hybridized carbons (Fsp3) is 0.214. The number of ether oxygens (including phenoxy) is 2. The number of hydrogen-bond acceptors (Lipinski definition) is 4. The monoisotopic (exact) mass is 258 g/mol. The molecule has 0 aliphatic rings. The van der Waals surface area contributed by atoms with E-state index < -0.39 is 0 Å². The molecule has 0 fully saturated rings. The van der Waals surface area contributed by atoms with Crippen molar-refractivity contribution in [1.82, 2.24) is 4.98 Å². The van der Waals surface area contributed by atoms with E-state index in [0.717, 1.165) is 16.5 Å². The van der Waals surface area contributed by atoms with Gasteiger partial charge < -0.3 is 19.7 Å². The molecule has 0 saturated heterocycles. The molecule has 5 heteroatoms. The zero-order chi connectivity index (χ0) is 13.5. The molecular weight excluding hydrogens is 244 g/mol. The molecule has 1 heterocycles. The fourth-order valence-corrected chi connectivity index (χ4v) is 1.75. The number of methoxy groups -OCH3 is 1. The predicted octanol–water partition coefficient (Wildman–Crippen LogP) is 1.95. The minimum absolute atomic E-state index is 0.216. The van der Waals surface area contributed by atoms with Crippen molar-refractivity contribution in [1.29, 1.82) is 0 Å². The molecule has 0 spiro atoms. The lowest BCUT2D eigenvalue weighted by molar-refractivity contribution is -0.0166. The molecule has 0 radical (unpaired) electrons. The first-order valence-electron chi connectivity index (χ1n) is 5.70. The van der Waals surface area contributed by atoms with E-state index in [1.807, 2.05) is 24.3 Å². The van der Waals surface area contributed by atoms with Crippen LogP contribution in [0.1, 0.15) is 11.3 Å². The Kier molecular flexibility index (Phi) is 4.56. The normalized spacial score (nSPS) is 10.8. The van der Waals surface area contributed by atoms with Crippen LogP contribution in [0.25, 0.3) is 10.9 Å². The van der Waals surface area contributed by atoms with Crippen LogP contribution in [0.15, 0.2) is 29.4 Å². The highest BCUT2D eigenvalue weighted by Crippen LogP contribution is 2.20. The molecule has 0 amide bonds. The molecule has 2 aromatic rings. The lowest BCUT2D eigenvalue weighted by Crippen LogP contribution is -1.96. The van der Waals surface area contributed by atoms with Gasteiger partial charge in [0.2, 0.25) is 0 Å². The molecule has 0 unspecified atom stereocenters. The van der Waals surface area contributed by atoms with Crippen molar-refractivity contribution < 1.29 is 14.7 Å². The molecule has 5 nitrogen and oxygen atoms in total. The highest BCUT2D eigenvalue weighted by Gasteiger charge is 2.07.